The van der Waals surface area contributed by atoms with Crippen LogP contribution in [0.1, 0.15) is 116 Å². The van der Waals surface area contributed by atoms with E-state index in [1.165, 1.54) is 15.4 Å². The topological polar surface area (TPSA) is 74.8 Å². The maximum atomic E-state index is 15.2. The Morgan fingerprint density at radius 3 is 1.34 bits per heavy atom. The zero-order valence-corrected chi connectivity index (χ0v) is 42.7. The number of nitrogens with zero attached hydrogens (tertiary/aromatic N) is 2. The fraction of sp³-hybridized carbons (Fsp3) is 0.114. The Hall–Kier alpha value is -9.26. The van der Waals surface area contributed by atoms with Gasteiger partial charge in [-0.25, -0.2) is 9.80 Å². The first kappa shape index (κ1) is 46.5. The highest BCUT2D eigenvalue weighted by Crippen LogP contribution is 2.48. The minimum Gasteiger partial charge on any atom is -0.268 e. The lowest BCUT2D eigenvalue weighted by Gasteiger charge is -2.31. The summed E-state index contributed by atoms with van der Waals surface area (Å²) in [5, 5.41) is 2.88. The van der Waals surface area contributed by atoms with Crippen LogP contribution in [0.15, 0.2) is 212 Å². The van der Waals surface area contributed by atoms with Gasteiger partial charge in [0, 0.05) is 38.9 Å². The predicted molar refractivity (Wildman–Crippen MR) is 309 cm³/mol. The Labute approximate surface area is 442 Å². The van der Waals surface area contributed by atoms with Crippen molar-refractivity contribution in [3.05, 3.63) is 257 Å². The van der Waals surface area contributed by atoms with Gasteiger partial charge in [-0.15, -0.1) is 0 Å². The number of anilines is 2. The molecule has 0 saturated carbocycles. The second-order valence-corrected chi connectivity index (χ2v) is 20.9. The lowest BCUT2D eigenvalue weighted by atomic mass is 9.82. The molecule has 0 N–H and O–H groups in total. The van der Waals surface area contributed by atoms with Gasteiger partial charge in [-0.05, 0) is 144 Å². The average molecular weight is 985 g/mol. The number of hydrogen-bond acceptors (Lipinski definition) is 4. The number of imide groups is 2. The number of carbonyl (C=O) groups excluding carboxylic acids is 4. The van der Waals surface area contributed by atoms with E-state index in [-0.39, 0.29) is 41.4 Å². The van der Waals surface area contributed by atoms with Gasteiger partial charge >= 0.3 is 0 Å². The summed E-state index contributed by atoms with van der Waals surface area (Å²) in [6.45, 7) is 8.40. The Morgan fingerprint density at radius 1 is 0.408 bits per heavy atom. The Kier molecular flexibility index (Phi) is 11.2. The third-order valence-corrected chi connectivity index (χ3v) is 15.8. The summed E-state index contributed by atoms with van der Waals surface area (Å²) in [4.78, 5) is 62.9. The highest BCUT2D eigenvalue weighted by Gasteiger charge is 2.39. The van der Waals surface area contributed by atoms with Crippen LogP contribution in [0.5, 0.6) is 0 Å². The summed E-state index contributed by atoms with van der Waals surface area (Å²) in [5.41, 5.74) is 15.6. The van der Waals surface area contributed by atoms with Crippen LogP contribution in [0.3, 0.4) is 0 Å². The molecule has 76 heavy (non-hydrogen) atoms. The van der Waals surface area contributed by atoms with E-state index in [1.54, 1.807) is 0 Å². The number of benzene rings is 9. The van der Waals surface area contributed by atoms with E-state index >= 15 is 9.59 Å². The number of allylic oxidation sites excluding steroid dienone is 8. The van der Waals surface area contributed by atoms with E-state index < -0.39 is 0 Å². The molecule has 366 valence electrons. The quantitative estimate of drug-likeness (QED) is 0.128. The van der Waals surface area contributed by atoms with E-state index in [0.29, 0.717) is 44.4 Å². The molecule has 2 heterocycles. The number of rotatable bonds is 10. The molecule has 2 aliphatic heterocycles. The minimum atomic E-state index is -0.354. The van der Waals surface area contributed by atoms with Crippen molar-refractivity contribution in [2.24, 2.45) is 0 Å². The molecule has 4 aliphatic rings. The molecule has 0 saturated heterocycles. The van der Waals surface area contributed by atoms with Crippen molar-refractivity contribution in [3.8, 4) is 44.5 Å². The maximum absolute atomic E-state index is 15.2. The third-order valence-electron chi connectivity index (χ3n) is 15.8. The van der Waals surface area contributed by atoms with Crippen LogP contribution in [-0.4, -0.2) is 23.6 Å². The number of carbonyl (C=O) groups is 4. The van der Waals surface area contributed by atoms with E-state index in [0.717, 1.165) is 84.0 Å². The van der Waals surface area contributed by atoms with Crippen LogP contribution >= 0.6 is 0 Å². The highest BCUT2D eigenvalue weighted by molar-refractivity contribution is 6.39. The standard InChI is InChI=1S/C70H52N2O4/c1-41(2)55-37-49(43-17-11-12-18-43)33-35-61(55)71-67(73)53-27-15-25-51-63(57(45-21-7-5-8-22-45)39-59(65(51)53)69(71)75)47-29-31-48(32-30-47)64-52-26-16-28-54-66(52)60(40-58(64)46-23-9-6-10-24-46)70(76)72(68(54)74)62-36-34-50(38-56(62)42(3)4)44-19-13-14-20-44/h5-19,21-43H,20H2,1-4H3. The van der Waals surface area contributed by atoms with Crippen molar-refractivity contribution in [1.29, 1.82) is 0 Å². The molecule has 4 amide bonds. The van der Waals surface area contributed by atoms with Crippen molar-refractivity contribution in [3.63, 3.8) is 0 Å². The molecular weight excluding hydrogens is 933 g/mol. The lowest BCUT2D eigenvalue weighted by molar-refractivity contribution is 0.0877. The fourth-order valence-corrected chi connectivity index (χ4v) is 12.1. The molecule has 0 radical (unpaired) electrons. The van der Waals surface area contributed by atoms with Gasteiger partial charge < -0.3 is 0 Å². The summed E-state index contributed by atoms with van der Waals surface area (Å²) in [6, 6.07) is 56.3. The Morgan fingerprint density at radius 2 is 0.868 bits per heavy atom. The zero-order chi connectivity index (χ0) is 51.9. The minimum absolute atomic E-state index is 0.0467. The van der Waals surface area contributed by atoms with Crippen LogP contribution in [0, 0.1) is 0 Å². The van der Waals surface area contributed by atoms with Gasteiger partial charge in [-0.1, -0.05) is 198 Å². The van der Waals surface area contributed by atoms with Gasteiger partial charge in [-0.2, -0.15) is 0 Å². The van der Waals surface area contributed by atoms with E-state index in [1.807, 2.05) is 121 Å². The monoisotopic (exact) mass is 984 g/mol. The molecular formula is C70H52N2O4. The smallest absolute Gasteiger partial charge is 0.266 e. The largest absolute Gasteiger partial charge is 0.268 e. The fourth-order valence-electron chi connectivity index (χ4n) is 12.1. The maximum Gasteiger partial charge on any atom is 0.266 e. The van der Waals surface area contributed by atoms with Crippen molar-refractivity contribution in [2.75, 3.05) is 9.80 Å². The Bertz CT molecular complexity index is 4090. The first-order chi connectivity index (χ1) is 37.0. The van der Waals surface area contributed by atoms with E-state index in [9.17, 15) is 9.59 Å². The lowest BCUT2D eigenvalue weighted by Crippen LogP contribution is -2.41. The third kappa shape index (κ3) is 7.38. The first-order valence-corrected chi connectivity index (χ1v) is 26.2. The second-order valence-electron chi connectivity index (χ2n) is 20.9. The molecule has 0 unspecified atom stereocenters. The molecule has 9 aromatic rings. The van der Waals surface area contributed by atoms with Gasteiger partial charge in [0.05, 0.1) is 11.4 Å². The van der Waals surface area contributed by atoms with Gasteiger partial charge in [0.25, 0.3) is 23.6 Å². The van der Waals surface area contributed by atoms with Crippen LogP contribution in [0.25, 0.3) is 71.6 Å². The normalized spacial score (nSPS) is 14.9. The molecule has 2 aliphatic carbocycles. The average Bonchev–Trinajstić information content (AvgIpc) is 4.22. The molecule has 0 atom stereocenters. The van der Waals surface area contributed by atoms with E-state index in [2.05, 4.69) is 119 Å². The molecule has 6 nitrogen and oxygen atoms in total. The summed E-state index contributed by atoms with van der Waals surface area (Å²) in [5.74, 6) is -1.17. The zero-order valence-electron chi connectivity index (χ0n) is 42.7. The molecule has 0 aromatic heterocycles. The SMILES string of the molecule is CC(C)c1cc(C2=CC=CC2)ccc1N1C(=O)c2cccc3c(-c4ccc(-c5c(-c6ccccc6)cc6c7c(cccc57)C(=O)N(c5ccc(C7C=CC=C7)cc5C(C)C)C6=O)cc4)c(-c4ccccc4)cc(c23)C1=O. The van der Waals surface area contributed by atoms with Crippen molar-refractivity contribution in [2.45, 2.75) is 51.9 Å². The van der Waals surface area contributed by atoms with Crippen LogP contribution in [-0.2, 0) is 0 Å². The molecule has 0 fully saturated rings. The first-order valence-electron chi connectivity index (χ1n) is 26.2. The van der Waals surface area contributed by atoms with Gasteiger partial charge in [0.2, 0.25) is 0 Å². The second kappa shape index (κ2) is 18.3. The molecule has 9 aromatic carbocycles. The molecule has 6 heteroatoms. The summed E-state index contributed by atoms with van der Waals surface area (Å²) in [7, 11) is 0. The van der Waals surface area contributed by atoms with Crippen molar-refractivity contribution in [1.82, 2.24) is 0 Å². The van der Waals surface area contributed by atoms with Crippen LogP contribution < -0.4 is 9.80 Å². The van der Waals surface area contributed by atoms with Crippen LogP contribution in [0.2, 0.25) is 0 Å². The van der Waals surface area contributed by atoms with Crippen LogP contribution in [0.4, 0.5) is 11.4 Å². The highest BCUT2D eigenvalue weighted by atomic mass is 16.2. The molecule has 0 spiro atoms. The van der Waals surface area contributed by atoms with Gasteiger partial charge in [-0.3, -0.25) is 19.2 Å². The van der Waals surface area contributed by atoms with Gasteiger partial charge in [0.15, 0.2) is 0 Å². The summed E-state index contributed by atoms with van der Waals surface area (Å²) in [6.07, 6.45) is 15.6. The van der Waals surface area contributed by atoms with E-state index in [4.69, 9.17) is 0 Å². The summed E-state index contributed by atoms with van der Waals surface area (Å²) < 4.78 is 0. The summed E-state index contributed by atoms with van der Waals surface area (Å²) >= 11 is 0. The molecule has 13 rings (SSSR count). The molecule has 0 bridgehead atoms. The van der Waals surface area contributed by atoms with Gasteiger partial charge in [0.1, 0.15) is 0 Å². The predicted octanol–water partition coefficient (Wildman–Crippen LogP) is 17.1. The van der Waals surface area contributed by atoms with Crippen molar-refractivity contribution < 1.29 is 19.2 Å². The Balaban J connectivity index is 0.950. The number of amides is 4. The van der Waals surface area contributed by atoms with Crippen molar-refractivity contribution >= 4 is 62.1 Å². The number of hydrogen-bond donors (Lipinski definition) is 0.